The second-order valence-corrected chi connectivity index (χ2v) is 13.6. The molecule has 9 rings (SSSR count). The molecular formula is C44H34N4Pt. The fourth-order valence-corrected chi connectivity index (χ4v) is 7.16. The first-order valence-corrected chi connectivity index (χ1v) is 16.5. The summed E-state index contributed by atoms with van der Waals surface area (Å²) in [5, 5.41) is 4.87. The average Bonchev–Trinajstić information content (AvgIpc) is 3.64. The topological polar surface area (TPSA) is 35.6 Å². The van der Waals surface area contributed by atoms with Crippen molar-refractivity contribution in [3.8, 4) is 33.9 Å². The first kappa shape index (κ1) is 31.0. The van der Waals surface area contributed by atoms with Crippen LogP contribution in [0.15, 0.2) is 152 Å². The van der Waals surface area contributed by atoms with Gasteiger partial charge in [-0.25, -0.2) is 4.98 Å². The predicted octanol–water partition coefficient (Wildman–Crippen LogP) is 11.3. The van der Waals surface area contributed by atoms with Crippen molar-refractivity contribution in [3.63, 3.8) is 0 Å². The largest absolute Gasteiger partial charge is 0.309 e. The normalized spacial score (nSPS) is 11.8. The maximum atomic E-state index is 4.91. The Balaban J connectivity index is 0.00000348. The van der Waals surface area contributed by atoms with Crippen LogP contribution in [0, 0.1) is 0 Å². The zero-order valence-corrected chi connectivity index (χ0v) is 29.8. The Bertz CT molecular complexity index is 2660. The molecule has 4 heterocycles. The van der Waals surface area contributed by atoms with Crippen molar-refractivity contribution in [2.24, 2.45) is 0 Å². The summed E-state index contributed by atoms with van der Waals surface area (Å²) < 4.78 is 4.72. The van der Waals surface area contributed by atoms with E-state index in [4.69, 9.17) is 9.97 Å². The third kappa shape index (κ3) is 5.19. The zero-order chi connectivity index (χ0) is 32.4. The van der Waals surface area contributed by atoms with Crippen LogP contribution in [0.4, 0.5) is 0 Å². The Hall–Kier alpha value is -5.31. The van der Waals surface area contributed by atoms with Crippen LogP contribution in [0.5, 0.6) is 0 Å². The Morgan fingerprint density at radius 1 is 0.449 bits per heavy atom. The third-order valence-corrected chi connectivity index (χ3v) is 9.59. The number of pyridine rings is 2. The van der Waals surface area contributed by atoms with Crippen molar-refractivity contribution in [2.45, 2.75) is 26.2 Å². The first-order valence-electron chi connectivity index (χ1n) is 16.5. The molecule has 4 aromatic heterocycles. The van der Waals surface area contributed by atoms with Gasteiger partial charge in [0, 0.05) is 66.3 Å². The summed E-state index contributed by atoms with van der Waals surface area (Å²) in [5.41, 5.74) is 11.4. The van der Waals surface area contributed by atoms with Crippen molar-refractivity contribution >= 4 is 43.6 Å². The molecule has 0 atom stereocenters. The molecule has 0 aliphatic rings. The van der Waals surface area contributed by atoms with Crippen molar-refractivity contribution < 1.29 is 21.1 Å². The van der Waals surface area contributed by atoms with Crippen molar-refractivity contribution in [2.75, 3.05) is 0 Å². The molecule has 49 heavy (non-hydrogen) atoms. The molecule has 0 radical (unpaired) electrons. The third-order valence-electron chi connectivity index (χ3n) is 9.59. The van der Waals surface area contributed by atoms with E-state index in [1.165, 1.54) is 38.2 Å². The van der Waals surface area contributed by atoms with Crippen LogP contribution in [-0.2, 0) is 26.5 Å². The van der Waals surface area contributed by atoms with Gasteiger partial charge in [-0.1, -0.05) is 106 Å². The van der Waals surface area contributed by atoms with Gasteiger partial charge in [-0.05, 0) is 76.7 Å². The van der Waals surface area contributed by atoms with E-state index >= 15 is 0 Å². The molecule has 0 N–H and O–H groups in total. The Morgan fingerprint density at radius 2 is 1.06 bits per heavy atom. The van der Waals surface area contributed by atoms with Crippen LogP contribution in [0.2, 0.25) is 0 Å². The number of nitrogens with zero attached hydrogens (tertiary/aromatic N) is 4. The second-order valence-electron chi connectivity index (χ2n) is 13.6. The number of hydrogen-bond acceptors (Lipinski definition) is 2. The summed E-state index contributed by atoms with van der Waals surface area (Å²) >= 11 is 0. The molecular weight excluding hydrogens is 780 g/mol. The molecule has 0 spiro atoms. The van der Waals surface area contributed by atoms with E-state index in [1.807, 2.05) is 12.4 Å². The molecule has 0 aliphatic heterocycles. The minimum atomic E-state index is 0. The summed E-state index contributed by atoms with van der Waals surface area (Å²) in [6, 6.07) is 50.0. The maximum absolute atomic E-state index is 4.91. The first-order chi connectivity index (χ1) is 23.4. The van der Waals surface area contributed by atoms with Crippen LogP contribution in [0.1, 0.15) is 26.3 Å². The second kappa shape index (κ2) is 12.0. The molecule has 0 amide bonds. The summed E-state index contributed by atoms with van der Waals surface area (Å²) in [5.74, 6) is 0.930. The Labute approximate surface area is 300 Å². The summed E-state index contributed by atoms with van der Waals surface area (Å²) in [6.45, 7) is 6.75. The van der Waals surface area contributed by atoms with E-state index in [9.17, 15) is 0 Å². The molecule has 0 unspecified atom stereocenters. The van der Waals surface area contributed by atoms with E-state index < -0.39 is 0 Å². The van der Waals surface area contributed by atoms with Crippen LogP contribution < -0.4 is 0 Å². The van der Waals surface area contributed by atoms with Gasteiger partial charge in [-0.15, -0.1) is 0 Å². The van der Waals surface area contributed by atoms with Crippen LogP contribution in [0.25, 0.3) is 77.5 Å². The number of fused-ring (bicyclic) bond motifs is 6. The minimum absolute atomic E-state index is 0. The van der Waals surface area contributed by atoms with E-state index in [0.29, 0.717) is 0 Å². The van der Waals surface area contributed by atoms with Crippen molar-refractivity contribution in [1.82, 2.24) is 19.1 Å². The zero-order valence-electron chi connectivity index (χ0n) is 27.5. The molecule has 5 heteroatoms. The summed E-state index contributed by atoms with van der Waals surface area (Å²) in [6.07, 6.45) is 3.85. The predicted molar refractivity (Wildman–Crippen MR) is 200 cm³/mol. The van der Waals surface area contributed by atoms with Gasteiger partial charge in [0.2, 0.25) is 0 Å². The molecule has 0 bridgehead atoms. The smallest absolute Gasteiger partial charge is 0.137 e. The number of rotatable bonds is 4. The molecule has 240 valence electrons. The van der Waals surface area contributed by atoms with Gasteiger partial charge in [0.05, 0.1) is 27.8 Å². The molecule has 0 saturated heterocycles. The number of benzene rings is 5. The van der Waals surface area contributed by atoms with Crippen LogP contribution >= 0.6 is 0 Å². The summed E-state index contributed by atoms with van der Waals surface area (Å²) in [7, 11) is 0. The number of hydrogen-bond donors (Lipinski definition) is 0. The van der Waals surface area contributed by atoms with Gasteiger partial charge in [0.25, 0.3) is 0 Å². The van der Waals surface area contributed by atoms with Crippen molar-refractivity contribution in [1.29, 1.82) is 0 Å². The average molecular weight is 814 g/mol. The Kier molecular flexibility index (Phi) is 7.58. The maximum Gasteiger partial charge on any atom is 0.137 e. The fourth-order valence-electron chi connectivity index (χ4n) is 7.16. The quantitative estimate of drug-likeness (QED) is 0.177. The molecule has 0 fully saturated rings. The SMILES string of the molecule is CC(C)(C)c1ccnc(-n2c3ccccc3c3ccc(-n4c5ccccc5c5ccc(-c6cc(-c7ccccc7)ccn6)cc54)cc32)c1.[Pt]. The number of para-hydroxylation sites is 2. The van der Waals surface area contributed by atoms with Gasteiger partial charge in [-0.3, -0.25) is 9.55 Å². The van der Waals surface area contributed by atoms with Gasteiger partial charge in [0.15, 0.2) is 0 Å². The fraction of sp³-hybridized carbons (Fsp3) is 0.0909. The van der Waals surface area contributed by atoms with Gasteiger partial charge in [0.1, 0.15) is 5.82 Å². The Morgan fingerprint density at radius 3 is 1.80 bits per heavy atom. The number of aromatic nitrogens is 4. The van der Waals surface area contributed by atoms with Gasteiger partial charge < -0.3 is 4.57 Å². The van der Waals surface area contributed by atoms with E-state index in [0.717, 1.165) is 44.9 Å². The molecule has 5 aromatic carbocycles. The van der Waals surface area contributed by atoms with E-state index in [2.05, 4.69) is 169 Å². The molecule has 4 nitrogen and oxygen atoms in total. The summed E-state index contributed by atoms with van der Waals surface area (Å²) in [4.78, 5) is 9.72. The van der Waals surface area contributed by atoms with Crippen molar-refractivity contribution in [3.05, 3.63) is 157 Å². The monoisotopic (exact) mass is 813 g/mol. The van der Waals surface area contributed by atoms with Gasteiger partial charge >= 0.3 is 0 Å². The van der Waals surface area contributed by atoms with Crippen LogP contribution in [0.3, 0.4) is 0 Å². The van der Waals surface area contributed by atoms with Crippen LogP contribution in [-0.4, -0.2) is 19.1 Å². The van der Waals surface area contributed by atoms with E-state index in [1.54, 1.807) is 0 Å². The molecule has 9 aromatic rings. The van der Waals surface area contributed by atoms with Gasteiger partial charge in [-0.2, -0.15) is 0 Å². The minimum Gasteiger partial charge on any atom is -0.309 e. The van der Waals surface area contributed by atoms with E-state index in [-0.39, 0.29) is 26.5 Å². The molecule has 0 saturated carbocycles. The molecule has 0 aliphatic carbocycles. The standard InChI is InChI=1S/C44H34N4.Pt/c1-44(2,3)32-22-24-46-43(27-32)48-40-16-10-8-14-35(40)37-20-18-33(28-42(37)48)47-39-15-9-7-13-34(39)36-19-17-31(26-41(36)47)38-25-30(21-23-45-38)29-11-5-4-6-12-29;/h4-28H,1-3H3;.